The molecule has 3 aromatic rings. The van der Waals surface area contributed by atoms with Gasteiger partial charge in [-0.25, -0.2) is 4.98 Å². The number of anilines is 2. The van der Waals surface area contributed by atoms with Gasteiger partial charge in [-0.15, -0.1) is 0 Å². The molecule has 1 aromatic heterocycles. The number of halogens is 1. The molecule has 4 rings (SSSR count). The van der Waals surface area contributed by atoms with Gasteiger partial charge in [0.15, 0.2) is 0 Å². The molecule has 0 aliphatic carbocycles. The fraction of sp³-hybridized carbons (Fsp3) is 0.364. The Kier molecular flexibility index (Phi) is 6.44. The Morgan fingerprint density at radius 1 is 1.00 bits per heavy atom. The van der Waals surface area contributed by atoms with Crippen LogP contribution in [0.2, 0.25) is 5.02 Å². The summed E-state index contributed by atoms with van der Waals surface area (Å²) >= 11 is 5.99. The van der Waals surface area contributed by atoms with Crippen molar-refractivity contribution in [2.24, 2.45) is 0 Å². The van der Waals surface area contributed by atoms with Crippen LogP contribution in [-0.2, 0) is 11.3 Å². The zero-order chi connectivity index (χ0) is 20.1. The summed E-state index contributed by atoms with van der Waals surface area (Å²) in [6, 6.07) is 16.2. The number of nitrogens with one attached hydrogen (secondary N) is 1. The molecule has 0 amide bonds. The molecule has 1 N–H and O–H groups in total. The summed E-state index contributed by atoms with van der Waals surface area (Å²) in [5.41, 5.74) is 2.25. The second kappa shape index (κ2) is 9.39. The molecule has 0 bridgehead atoms. The van der Waals surface area contributed by atoms with E-state index in [2.05, 4.69) is 33.3 Å². The Hall–Kier alpha value is -2.41. The molecule has 6 nitrogen and oxygen atoms in total. The van der Waals surface area contributed by atoms with Gasteiger partial charge in [0.2, 0.25) is 5.95 Å². The SMILES string of the molecule is COCCNc1nc(N2CCN(Cc3ccc(Cl)cc3)CC2)nc2ccccc12. The van der Waals surface area contributed by atoms with E-state index >= 15 is 0 Å². The van der Waals surface area contributed by atoms with Crippen molar-refractivity contribution in [1.29, 1.82) is 0 Å². The van der Waals surface area contributed by atoms with E-state index in [-0.39, 0.29) is 0 Å². The fourth-order valence-electron chi connectivity index (χ4n) is 3.57. The van der Waals surface area contributed by atoms with E-state index in [1.165, 1.54) is 5.56 Å². The highest BCUT2D eigenvalue weighted by molar-refractivity contribution is 6.30. The lowest BCUT2D eigenvalue weighted by Crippen LogP contribution is -2.46. The van der Waals surface area contributed by atoms with Gasteiger partial charge in [-0.2, -0.15) is 4.98 Å². The van der Waals surface area contributed by atoms with Gasteiger partial charge in [-0.1, -0.05) is 35.9 Å². The lowest BCUT2D eigenvalue weighted by Gasteiger charge is -2.35. The van der Waals surface area contributed by atoms with Gasteiger partial charge in [0, 0.05) is 56.8 Å². The lowest BCUT2D eigenvalue weighted by atomic mass is 10.2. The number of para-hydroxylation sites is 1. The summed E-state index contributed by atoms with van der Waals surface area (Å²) in [5, 5.41) is 5.21. The third-order valence-electron chi connectivity index (χ3n) is 5.16. The Labute approximate surface area is 176 Å². The van der Waals surface area contributed by atoms with Crippen LogP contribution in [0.3, 0.4) is 0 Å². The van der Waals surface area contributed by atoms with Gasteiger partial charge in [0.05, 0.1) is 12.1 Å². The van der Waals surface area contributed by atoms with Crippen molar-refractivity contribution >= 4 is 34.3 Å². The van der Waals surface area contributed by atoms with Crippen LogP contribution < -0.4 is 10.2 Å². The Bertz CT molecular complexity index is 942. The van der Waals surface area contributed by atoms with Crippen molar-refractivity contribution < 1.29 is 4.74 Å². The molecule has 1 aliphatic rings. The maximum absolute atomic E-state index is 5.99. The molecular weight excluding hydrogens is 386 g/mol. The van der Waals surface area contributed by atoms with E-state index in [0.717, 1.165) is 60.4 Å². The predicted octanol–water partition coefficient (Wildman–Crippen LogP) is 3.66. The maximum atomic E-state index is 5.99. The zero-order valence-corrected chi connectivity index (χ0v) is 17.4. The first-order valence-corrected chi connectivity index (χ1v) is 10.3. The van der Waals surface area contributed by atoms with E-state index in [1.54, 1.807) is 7.11 Å². The van der Waals surface area contributed by atoms with Crippen molar-refractivity contribution in [3.63, 3.8) is 0 Å². The first-order chi connectivity index (χ1) is 14.2. The van der Waals surface area contributed by atoms with Crippen LogP contribution in [-0.4, -0.2) is 61.3 Å². The molecule has 0 radical (unpaired) electrons. The molecule has 1 aliphatic heterocycles. The van der Waals surface area contributed by atoms with Crippen LogP contribution >= 0.6 is 11.6 Å². The summed E-state index contributed by atoms with van der Waals surface area (Å²) < 4.78 is 5.16. The second-order valence-corrected chi connectivity index (χ2v) is 7.64. The summed E-state index contributed by atoms with van der Waals surface area (Å²) in [6.45, 7) is 6.06. The Morgan fingerprint density at radius 2 is 1.76 bits per heavy atom. The van der Waals surface area contributed by atoms with Crippen molar-refractivity contribution in [1.82, 2.24) is 14.9 Å². The van der Waals surface area contributed by atoms with E-state index in [4.69, 9.17) is 26.3 Å². The average molecular weight is 412 g/mol. The van der Waals surface area contributed by atoms with Crippen LogP contribution in [0.5, 0.6) is 0 Å². The topological polar surface area (TPSA) is 53.5 Å². The highest BCUT2D eigenvalue weighted by atomic mass is 35.5. The van der Waals surface area contributed by atoms with Crippen molar-refractivity contribution in [2.45, 2.75) is 6.54 Å². The molecule has 7 heteroatoms. The highest BCUT2D eigenvalue weighted by Gasteiger charge is 2.20. The molecule has 29 heavy (non-hydrogen) atoms. The number of nitrogens with zero attached hydrogens (tertiary/aromatic N) is 4. The molecular formula is C22H26ClN5O. The number of ether oxygens (including phenoxy) is 1. The monoisotopic (exact) mass is 411 g/mol. The molecule has 1 fully saturated rings. The van der Waals surface area contributed by atoms with E-state index in [1.807, 2.05) is 30.3 Å². The molecule has 1 saturated heterocycles. The number of benzene rings is 2. The standard InChI is InChI=1S/C22H26ClN5O/c1-29-15-10-24-21-19-4-2-3-5-20(19)25-22(26-21)28-13-11-27(12-14-28)16-17-6-8-18(23)9-7-17/h2-9H,10-16H2,1H3,(H,24,25,26). The van der Waals surface area contributed by atoms with Gasteiger partial charge in [-0.3, -0.25) is 4.90 Å². The number of fused-ring (bicyclic) bond motifs is 1. The van der Waals surface area contributed by atoms with Gasteiger partial charge < -0.3 is 15.0 Å². The third-order valence-corrected chi connectivity index (χ3v) is 5.42. The van der Waals surface area contributed by atoms with Gasteiger partial charge in [0.1, 0.15) is 5.82 Å². The Balaban J connectivity index is 1.45. The normalized spacial score (nSPS) is 15.0. The minimum Gasteiger partial charge on any atom is -0.383 e. The minimum atomic E-state index is 0.636. The minimum absolute atomic E-state index is 0.636. The highest BCUT2D eigenvalue weighted by Crippen LogP contribution is 2.24. The largest absolute Gasteiger partial charge is 0.383 e. The van der Waals surface area contributed by atoms with Crippen LogP contribution in [0.1, 0.15) is 5.56 Å². The molecule has 2 aromatic carbocycles. The molecule has 0 saturated carbocycles. The van der Waals surface area contributed by atoms with Crippen molar-refractivity contribution in [3.8, 4) is 0 Å². The second-order valence-electron chi connectivity index (χ2n) is 7.20. The first kappa shape index (κ1) is 19.9. The third kappa shape index (κ3) is 4.96. The summed E-state index contributed by atoms with van der Waals surface area (Å²) in [6.07, 6.45) is 0. The maximum Gasteiger partial charge on any atom is 0.227 e. The number of piperazine rings is 1. The van der Waals surface area contributed by atoms with Crippen LogP contribution in [0.4, 0.5) is 11.8 Å². The van der Waals surface area contributed by atoms with Gasteiger partial charge in [0.25, 0.3) is 0 Å². The smallest absolute Gasteiger partial charge is 0.227 e. The van der Waals surface area contributed by atoms with Crippen LogP contribution in [0.15, 0.2) is 48.5 Å². The molecule has 0 spiro atoms. The summed E-state index contributed by atoms with van der Waals surface area (Å²) in [5.74, 6) is 1.65. The average Bonchev–Trinajstić information content (AvgIpc) is 2.76. The molecule has 152 valence electrons. The van der Waals surface area contributed by atoms with Crippen LogP contribution in [0, 0.1) is 0 Å². The predicted molar refractivity (Wildman–Crippen MR) is 119 cm³/mol. The van der Waals surface area contributed by atoms with Crippen LogP contribution in [0.25, 0.3) is 10.9 Å². The van der Waals surface area contributed by atoms with E-state index in [9.17, 15) is 0 Å². The molecule has 2 heterocycles. The van der Waals surface area contributed by atoms with Crippen molar-refractivity contribution in [2.75, 3.05) is 56.7 Å². The first-order valence-electron chi connectivity index (χ1n) is 9.94. The molecule has 0 unspecified atom stereocenters. The molecule has 0 atom stereocenters. The number of rotatable bonds is 7. The van der Waals surface area contributed by atoms with E-state index < -0.39 is 0 Å². The van der Waals surface area contributed by atoms with Gasteiger partial charge in [-0.05, 0) is 29.8 Å². The number of hydrogen-bond acceptors (Lipinski definition) is 6. The van der Waals surface area contributed by atoms with E-state index in [0.29, 0.717) is 13.2 Å². The Morgan fingerprint density at radius 3 is 2.52 bits per heavy atom. The lowest BCUT2D eigenvalue weighted by molar-refractivity contribution is 0.210. The van der Waals surface area contributed by atoms with Gasteiger partial charge >= 0.3 is 0 Å². The van der Waals surface area contributed by atoms with Crippen molar-refractivity contribution in [3.05, 3.63) is 59.1 Å². The number of hydrogen-bond donors (Lipinski definition) is 1. The zero-order valence-electron chi connectivity index (χ0n) is 16.6. The summed E-state index contributed by atoms with van der Waals surface area (Å²) in [7, 11) is 1.70. The fourth-order valence-corrected chi connectivity index (χ4v) is 3.69. The number of methoxy groups -OCH3 is 1. The quantitative estimate of drug-likeness (QED) is 0.599. The summed E-state index contributed by atoms with van der Waals surface area (Å²) in [4.78, 5) is 14.4. The number of aromatic nitrogens is 2.